The molecule has 2 aromatic carbocycles. The second kappa shape index (κ2) is 9.43. The topological polar surface area (TPSA) is 38.1 Å². The Morgan fingerprint density at radius 3 is 2.57 bits per heavy atom. The van der Waals surface area contributed by atoms with Crippen LogP contribution in [-0.4, -0.2) is 29.7 Å². The van der Waals surface area contributed by atoms with Crippen molar-refractivity contribution in [2.24, 2.45) is 0 Å². The summed E-state index contributed by atoms with van der Waals surface area (Å²) < 4.78 is 15.2. The first-order chi connectivity index (χ1) is 14.3. The minimum absolute atomic E-state index is 0.120. The molecule has 0 aliphatic carbocycles. The highest BCUT2D eigenvalue weighted by Gasteiger charge is 2.16. The fourth-order valence-electron chi connectivity index (χ4n) is 3.67. The average Bonchev–Trinajstić information content (AvgIpc) is 2.95. The van der Waals surface area contributed by atoms with E-state index in [0.29, 0.717) is 30.8 Å². The molecule has 0 bridgehead atoms. The number of rotatable bonds is 8. The van der Waals surface area contributed by atoms with Gasteiger partial charge in [-0.05, 0) is 49.6 Å². The highest BCUT2D eigenvalue weighted by atomic mass is 35.5. The number of hydrogen-bond donors (Lipinski definition) is 0. The van der Waals surface area contributed by atoms with Crippen molar-refractivity contribution in [3.63, 3.8) is 0 Å². The van der Waals surface area contributed by atoms with Crippen LogP contribution in [0.4, 0.5) is 10.1 Å². The molecule has 0 aliphatic rings. The number of anilines is 1. The van der Waals surface area contributed by atoms with E-state index in [1.807, 2.05) is 44.8 Å². The number of aryl methyl sites for hydroxylation is 2. The van der Waals surface area contributed by atoms with Gasteiger partial charge in [0.25, 0.3) is 0 Å². The lowest BCUT2D eigenvalue weighted by atomic mass is 10.0. The van der Waals surface area contributed by atoms with E-state index in [-0.39, 0.29) is 11.6 Å². The van der Waals surface area contributed by atoms with Crippen LogP contribution in [0.15, 0.2) is 42.5 Å². The third kappa shape index (κ3) is 5.08. The van der Waals surface area contributed by atoms with E-state index < -0.39 is 0 Å². The van der Waals surface area contributed by atoms with Crippen LogP contribution in [0.3, 0.4) is 0 Å². The van der Waals surface area contributed by atoms with Gasteiger partial charge in [-0.25, -0.2) is 4.39 Å². The molecule has 4 nitrogen and oxygen atoms in total. The summed E-state index contributed by atoms with van der Waals surface area (Å²) >= 11 is 6.07. The lowest BCUT2D eigenvalue weighted by Crippen LogP contribution is -2.14. The third-order valence-electron chi connectivity index (χ3n) is 5.39. The Kier molecular flexibility index (Phi) is 6.93. The second-order valence-corrected chi connectivity index (χ2v) is 8.19. The van der Waals surface area contributed by atoms with Crippen molar-refractivity contribution in [2.75, 3.05) is 19.0 Å². The molecule has 6 heteroatoms. The molecule has 0 N–H and O–H groups in total. The zero-order chi connectivity index (χ0) is 21.8. The minimum Gasteiger partial charge on any atom is -0.377 e. The van der Waals surface area contributed by atoms with Crippen molar-refractivity contribution in [1.82, 2.24) is 9.78 Å². The largest absolute Gasteiger partial charge is 0.377 e. The molecule has 3 aromatic rings. The van der Waals surface area contributed by atoms with E-state index in [0.717, 1.165) is 28.2 Å². The quantitative estimate of drug-likeness (QED) is 0.499. The van der Waals surface area contributed by atoms with E-state index in [1.165, 1.54) is 17.7 Å². The van der Waals surface area contributed by atoms with E-state index >= 15 is 0 Å². The normalized spacial score (nSPS) is 11.0. The number of nitrogens with zero attached hydrogens (tertiary/aromatic N) is 3. The Morgan fingerprint density at radius 1 is 1.13 bits per heavy atom. The summed E-state index contributed by atoms with van der Waals surface area (Å²) in [5, 5.41) is 5.05. The third-order valence-corrected chi connectivity index (χ3v) is 5.74. The van der Waals surface area contributed by atoms with Gasteiger partial charge in [-0.2, -0.15) is 5.10 Å². The lowest BCUT2D eigenvalue weighted by molar-refractivity contribution is -0.118. The van der Waals surface area contributed by atoms with E-state index in [4.69, 9.17) is 11.6 Å². The van der Waals surface area contributed by atoms with Gasteiger partial charge < -0.3 is 4.90 Å². The van der Waals surface area contributed by atoms with Crippen LogP contribution in [0, 0.1) is 19.7 Å². The van der Waals surface area contributed by atoms with Crippen molar-refractivity contribution in [3.05, 3.63) is 81.4 Å². The van der Waals surface area contributed by atoms with Crippen molar-refractivity contribution in [2.45, 2.75) is 39.7 Å². The minimum atomic E-state index is -0.371. The fourth-order valence-corrected chi connectivity index (χ4v) is 3.93. The molecule has 0 radical (unpaired) electrons. The summed E-state index contributed by atoms with van der Waals surface area (Å²) in [6.07, 6.45) is 1.20. The smallest absolute Gasteiger partial charge is 0.137 e. The number of benzene rings is 2. The number of halogens is 2. The summed E-state index contributed by atoms with van der Waals surface area (Å²) in [6.45, 7) is 4.61. The fraction of sp³-hybridized carbons (Fsp3) is 0.333. The van der Waals surface area contributed by atoms with Gasteiger partial charge in [0.2, 0.25) is 0 Å². The maximum Gasteiger partial charge on any atom is 0.137 e. The Balaban J connectivity index is 1.70. The number of para-hydroxylation sites is 1. The van der Waals surface area contributed by atoms with E-state index in [1.54, 1.807) is 6.07 Å². The van der Waals surface area contributed by atoms with Crippen LogP contribution in [0.25, 0.3) is 0 Å². The number of ketones is 1. The number of Topliss-reactive ketones (excluding diaryl/α,β-unsaturated/α-hetero) is 1. The van der Waals surface area contributed by atoms with Gasteiger partial charge in [-0.3, -0.25) is 9.48 Å². The number of hydrogen-bond acceptors (Lipinski definition) is 3. The molecule has 3 rings (SSSR count). The molecule has 0 fully saturated rings. The molecular formula is C24H27ClFN3O. The van der Waals surface area contributed by atoms with Gasteiger partial charge >= 0.3 is 0 Å². The zero-order valence-corrected chi connectivity index (χ0v) is 18.6. The van der Waals surface area contributed by atoms with Gasteiger partial charge in [0, 0.05) is 48.9 Å². The van der Waals surface area contributed by atoms with Crippen molar-refractivity contribution >= 4 is 23.1 Å². The zero-order valence-electron chi connectivity index (χ0n) is 17.9. The van der Waals surface area contributed by atoms with Gasteiger partial charge in [-0.15, -0.1) is 0 Å². The predicted molar refractivity (Wildman–Crippen MR) is 120 cm³/mol. The highest BCUT2D eigenvalue weighted by Crippen LogP contribution is 2.23. The Hall–Kier alpha value is -2.66. The van der Waals surface area contributed by atoms with Crippen LogP contribution in [0.2, 0.25) is 5.02 Å². The lowest BCUT2D eigenvalue weighted by Gasteiger charge is -2.17. The molecule has 0 spiro atoms. The molecule has 0 atom stereocenters. The Morgan fingerprint density at radius 2 is 1.87 bits per heavy atom. The molecule has 0 unspecified atom stereocenters. The van der Waals surface area contributed by atoms with E-state index in [2.05, 4.69) is 22.1 Å². The molecule has 1 heterocycles. The van der Waals surface area contributed by atoms with Crippen molar-refractivity contribution in [3.8, 4) is 0 Å². The standard InChI is InChI=1S/C24H27ClFN3O/c1-16-22(14-21(30)12-10-18-9-11-20(26)13-23(18)25)17(2)29(27-16)15-19-7-5-6-8-24(19)28(3)4/h5-9,11,13H,10,12,14-15H2,1-4H3. The molecule has 1 aromatic heterocycles. The molecule has 0 saturated carbocycles. The van der Waals surface area contributed by atoms with Crippen LogP contribution in [0.5, 0.6) is 0 Å². The van der Waals surface area contributed by atoms with Gasteiger partial charge in [0.1, 0.15) is 11.6 Å². The summed E-state index contributed by atoms with van der Waals surface area (Å²) in [6, 6.07) is 12.5. The van der Waals surface area contributed by atoms with Gasteiger partial charge in [0.05, 0.1) is 12.2 Å². The van der Waals surface area contributed by atoms with E-state index in [9.17, 15) is 9.18 Å². The average molecular weight is 428 g/mol. The molecule has 158 valence electrons. The Labute approximate surface area is 182 Å². The second-order valence-electron chi connectivity index (χ2n) is 7.78. The number of carbonyl (C=O) groups excluding carboxylic acids is 1. The summed E-state index contributed by atoms with van der Waals surface area (Å²) in [7, 11) is 4.05. The molecule has 0 aliphatic heterocycles. The summed E-state index contributed by atoms with van der Waals surface area (Å²) in [4.78, 5) is 14.7. The van der Waals surface area contributed by atoms with Crippen LogP contribution in [0.1, 0.15) is 34.5 Å². The summed E-state index contributed by atoms with van der Waals surface area (Å²) in [5.74, 6) is -0.251. The summed E-state index contributed by atoms with van der Waals surface area (Å²) in [5.41, 5.74) is 5.98. The molecule has 30 heavy (non-hydrogen) atoms. The monoisotopic (exact) mass is 427 g/mol. The molecule has 0 amide bonds. The Bertz CT molecular complexity index is 1060. The number of carbonyl (C=O) groups is 1. The van der Waals surface area contributed by atoms with Crippen LogP contribution in [-0.2, 0) is 24.2 Å². The first-order valence-corrected chi connectivity index (χ1v) is 10.4. The van der Waals surface area contributed by atoms with Crippen molar-refractivity contribution in [1.29, 1.82) is 0 Å². The maximum atomic E-state index is 13.2. The molecular weight excluding hydrogens is 401 g/mol. The van der Waals surface area contributed by atoms with Gasteiger partial charge in [0.15, 0.2) is 0 Å². The maximum absolute atomic E-state index is 13.2. The first-order valence-electron chi connectivity index (χ1n) is 10.00. The van der Waals surface area contributed by atoms with Crippen LogP contribution >= 0.6 is 11.6 Å². The molecule has 0 saturated heterocycles. The SMILES string of the molecule is Cc1nn(Cc2ccccc2N(C)C)c(C)c1CC(=O)CCc1ccc(F)cc1Cl. The van der Waals surface area contributed by atoms with Crippen molar-refractivity contribution < 1.29 is 9.18 Å². The van der Waals surface area contributed by atoms with Gasteiger partial charge in [-0.1, -0.05) is 35.9 Å². The first kappa shape index (κ1) is 22.0. The predicted octanol–water partition coefficient (Wildman–Crippen LogP) is 5.15. The van der Waals surface area contributed by atoms with Crippen LogP contribution < -0.4 is 4.90 Å². The number of aromatic nitrogens is 2. The highest BCUT2D eigenvalue weighted by molar-refractivity contribution is 6.31.